The minimum absolute atomic E-state index is 0.0424. The summed E-state index contributed by atoms with van der Waals surface area (Å²) < 4.78 is 4.77. The smallest absolute Gasteiger partial charge is 0.308 e. The molecule has 0 saturated carbocycles. The van der Waals surface area contributed by atoms with Crippen LogP contribution < -0.4 is 0 Å². The van der Waals surface area contributed by atoms with Crippen LogP contribution in [0.4, 0.5) is 0 Å². The number of rotatable bonds is 8. The second-order valence-electron chi connectivity index (χ2n) is 4.48. The van der Waals surface area contributed by atoms with E-state index in [4.69, 9.17) is 16.3 Å². The number of carbonyl (C=O) groups is 1. The van der Waals surface area contributed by atoms with Crippen molar-refractivity contribution in [3.63, 3.8) is 0 Å². The quantitative estimate of drug-likeness (QED) is 0.286. The average Bonchev–Trinajstić information content (AvgIpc) is 2.51. The second kappa shape index (κ2) is 14.8. The molecule has 1 unspecified atom stereocenters. The first-order valence-electron chi connectivity index (χ1n) is 7.24. The van der Waals surface area contributed by atoms with E-state index in [0.717, 1.165) is 38.5 Å². The molecule has 114 valence electrons. The fraction of sp³-hybridized carbons (Fsp3) is 0.500. The topological polar surface area (TPSA) is 26.3 Å². The van der Waals surface area contributed by atoms with Gasteiger partial charge in [-0.25, -0.2) is 0 Å². The third kappa shape index (κ3) is 11.9. The second-order valence-corrected chi connectivity index (χ2v) is 4.73. The zero-order valence-corrected chi connectivity index (χ0v) is 13.6. The summed E-state index contributed by atoms with van der Waals surface area (Å²) in [4.78, 5) is 11.4. The molecule has 0 aliphatic carbocycles. The van der Waals surface area contributed by atoms with E-state index < -0.39 is 0 Å². The third-order valence-corrected chi connectivity index (χ3v) is 3.11. The molecule has 0 bridgehead atoms. The van der Waals surface area contributed by atoms with Gasteiger partial charge < -0.3 is 4.74 Å². The lowest BCUT2D eigenvalue weighted by molar-refractivity contribution is -0.145. The average molecular weight is 307 g/mol. The molecule has 0 saturated heterocycles. The fourth-order valence-corrected chi connectivity index (χ4v) is 1.85. The van der Waals surface area contributed by atoms with Gasteiger partial charge in [-0.2, -0.15) is 0 Å². The molecule has 0 rings (SSSR count). The van der Waals surface area contributed by atoms with E-state index in [1.54, 1.807) is 18.2 Å². The van der Waals surface area contributed by atoms with E-state index in [2.05, 4.69) is 23.7 Å². The predicted molar refractivity (Wildman–Crippen MR) is 88.6 cm³/mol. The van der Waals surface area contributed by atoms with Gasteiger partial charge in [-0.05, 0) is 37.2 Å². The number of hydrogen-bond acceptors (Lipinski definition) is 2. The van der Waals surface area contributed by atoms with E-state index >= 15 is 0 Å². The van der Waals surface area contributed by atoms with E-state index in [1.165, 1.54) is 12.6 Å². The van der Waals surface area contributed by atoms with Crippen LogP contribution in [0.3, 0.4) is 0 Å². The van der Waals surface area contributed by atoms with Crippen LogP contribution in [0.2, 0.25) is 0 Å². The highest BCUT2D eigenvalue weighted by atomic mass is 35.5. The van der Waals surface area contributed by atoms with Gasteiger partial charge in [-0.1, -0.05) is 55.4 Å². The van der Waals surface area contributed by atoms with Gasteiger partial charge in [0.1, 0.15) is 0 Å². The standard InChI is InChI=1S/C18H23ClO2/c1-3-17(18(20)21-2)15-13-11-9-7-5-4-6-8-10-12-14-16-19/h10,12,14,16-17H,3,7,9,11,13,15H2,1-2H3/b12-10-,16-14-. The lowest BCUT2D eigenvalue weighted by Gasteiger charge is -2.11. The Hall–Kier alpha value is -1.64. The molecule has 0 heterocycles. The number of hydrogen-bond donors (Lipinski definition) is 0. The normalized spacial score (nSPS) is 11.6. The maximum Gasteiger partial charge on any atom is 0.308 e. The third-order valence-electron chi connectivity index (χ3n) is 2.97. The molecule has 2 nitrogen and oxygen atoms in total. The van der Waals surface area contributed by atoms with Crippen LogP contribution in [0.1, 0.15) is 45.4 Å². The Morgan fingerprint density at radius 1 is 1.24 bits per heavy atom. The first-order chi connectivity index (χ1) is 10.3. The van der Waals surface area contributed by atoms with Gasteiger partial charge in [0, 0.05) is 12.0 Å². The molecule has 0 amide bonds. The Balaban J connectivity index is 3.71. The number of ether oxygens (including phenoxy) is 1. The lowest BCUT2D eigenvalue weighted by Crippen LogP contribution is -2.15. The van der Waals surface area contributed by atoms with Crippen molar-refractivity contribution in [2.75, 3.05) is 7.11 Å². The molecule has 0 aromatic carbocycles. The monoisotopic (exact) mass is 306 g/mol. The Bertz CT molecular complexity index is 455. The molecular formula is C18H23ClO2. The number of carbonyl (C=O) groups excluding carboxylic acids is 1. The summed E-state index contributed by atoms with van der Waals surface area (Å²) in [6, 6.07) is 0. The van der Waals surface area contributed by atoms with Crippen molar-refractivity contribution in [3.05, 3.63) is 23.8 Å². The highest BCUT2D eigenvalue weighted by Crippen LogP contribution is 2.15. The maximum absolute atomic E-state index is 11.4. The van der Waals surface area contributed by atoms with Crippen LogP contribution in [0.25, 0.3) is 0 Å². The molecule has 0 aromatic rings. The largest absolute Gasteiger partial charge is 0.469 e. The van der Waals surface area contributed by atoms with Crippen molar-refractivity contribution in [3.8, 4) is 23.7 Å². The Labute approximate surface area is 133 Å². The molecule has 0 N–H and O–H groups in total. The molecule has 3 heteroatoms. The Morgan fingerprint density at radius 3 is 2.71 bits per heavy atom. The number of methoxy groups -OCH3 is 1. The number of allylic oxidation sites excluding steroid dienone is 3. The van der Waals surface area contributed by atoms with Crippen molar-refractivity contribution in [1.82, 2.24) is 0 Å². The van der Waals surface area contributed by atoms with Crippen LogP contribution >= 0.6 is 11.6 Å². The molecule has 0 fully saturated rings. The van der Waals surface area contributed by atoms with Gasteiger partial charge in [0.15, 0.2) is 0 Å². The summed E-state index contributed by atoms with van der Waals surface area (Å²) in [5.41, 5.74) is 1.42. The van der Waals surface area contributed by atoms with Crippen molar-refractivity contribution < 1.29 is 9.53 Å². The maximum atomic E-state index is 11.4. The Morgan fingerprint density at radius 2 is 2.05 bits per heavy atom. The van der Waals surface area contributed by atoms with E-state index in [1.807, 2.05) is 6.92 Å². The van der Waals surface area contributed by atoms with Gasteiger partial charge in [0.25, 0.3) is 0 Å². The highest BCUT2D eigenvalue weighted by molar-refractivity contribution is 6.25. The van der Waals surface area contributed by atoms with E-state index in [-0.39, 0.29) is 11.9 Å². The molecular weight excluding hydrogens is 284 g/mol. The number of halogens is 1. The molecule has 0 radical (unpaired) electrons. The van der Waals surface area contributed by atoms with Crippen molar-refractivity contribution in [1.29, 1.82) is 0 Å². The zero-order valence-electron chi connectivity index (χ0n) is 12.8. The van der Waals surface area contributed by atoms with Gasteiger partial charge >= 0.3 is 5.97 Å². The number of esters is 1. The molecule has 0 spiro atoms. The molecule has 1 atom stereocenters. The number of unbranched alkanes of at least 4 members (excludes halogenated alkanes) is 3. The summed E-state index contributed by atoms with van der Waals surface area (Å²) in [6.45, 7) is 2.02. The highest BCUT2D eigenvalue weighted by Gasteiger charge is 2.15. The minimum atomic E-state index is -0.0929. The zero-order chi connectivity index (χ0) is 15.8. The predicted octanol–water partition coefficient (Wildman–Crippen LogP) is 4.45. The van der Waals surface area contributed by atoms with Gasteiger partial charge in [-0.15, -0.1) is 0 Å². The van der Waals surface area contributed by atoms with E-state index in [0.29, 0.717) is 0 Å². The van der Waals surface area contributed by atoms with Gasteiger partial charge in [0.2, 0.25) is 0 Å². The Kier molecular flexibility index (Phi) is 13.6. The summed E-state index contributed by atoms with van der Waals surface area (Å²) in [6.07, 6.45) is 10.9. The summed E-state index contributed by atoms with van der Waals surface area (Å²) >= 11 is 5.35. The summed E-state index contributed by atoms with van der Waals surface area (Å²) in [7, 11) is 1.45. The van der Waals surface area contributed by atoms with Gasteiger partial charge in [0.05, 0.1) is 13.0 Å². The SMILES string of the molecule is CCC(CCCCCC#CC#C/C=C\C=C/Cl)C(=O)OC. The van der Waals surface area contributed by atoms with Gasteiger partial charge in [-0.3, -0.25) is 4.79 Å². The fourth-order valence-electron chi connectivity index (χ4n) is 1.77. The minimum Gasteiger partial charge on any atom is -0.469 e. The molecule has 0 aliphatic heterocycles. The lowest BCUT2D eigenvalue weighted by atomic mass is 9.98. The molecule has 0 aromatic heterocycles. The van der Waals surface area contributed by atoms with Crippen LogP contribution in [0.15, 0.2) is 23.8 Å². The van der Waals surface area contributed by atoms with Crippen molar-refractivity contribution >= 4 is 17.6 Å². The summed E-state index contributed by atoms with van der Waals surface area (Å²) in [5.74, 6) is 11.3. The van der Waals surface area contributed by atoms with Crippen LogP contribution in [-0.4, -0.2) is 13.1 Å². The molecule has 21 heavy (non-hydrogen) atoms. The van der Waals surface area contributed by atoms with E-state index in [9.17, 15) is 4.79 Å². The van der Waals surface area contributed by atoms with Crippen molar-refractivity contribution in [2.24, 2.45) is 5.92 Å². The first-order valence-corrected chi connectivity index (χ1v) is 7.68. The molecule has 0 aliphatic rings. The first kappa shape index (κ1) is 19.4. The van der Waals surface area contributed by atoms with Crippen LogP contribution in [0, 0.1) is 29.6 Å². The van der Waals surface area contributed by atoms with Crippen LogP contribution in [0.5, 0.6) is 0 Å². The summed E-state index contributed by atoms with van der Waals surface area (Å²) in [5, 5.41) is 0. The van der Waals surface area contributed by atoms with Crippen LogP contribution in [-0.2, 0) is 9.53 Å². The van der Waals surface area contributed by atoms with Crippen molar-refractivity contribution in [2.45, 2.75) is 45.4 Å².